The van der Waals surface area contributed by atoms with Crippen LogP contribution < -0.4 is 21.7 Å². The number of ether oxygens (including phenoxy) is 1. The van der Waals surface area contributed by atoms with Crippen molar-refractivity contribution in [3.63, 3.8) is 0 Å². The second-order valence-corrected chi connectivity index (χ2v) is 13.3. The third kappa shape index (κ3) is 11.4. The SMILES string of the molecule is COC(=O)[C@H](CC(C)C)NC(=O)[C@H](Cc1ccccc1)N1CC(C)(C)NC(=O)[C@H]([C@@H](N)Cc2ccc(O)cc2)CCC(=O)NCC1=O. The number of methoxy groups -OCH3 is 1. The highest BCUT2D eigenvalue weighted by Crippen LogP contribution is 2.21. The van der Waals surface area contributed by atoms with Gasteiger partial charge in [0.2, 0.25) is 23.6 Å². The van der Waals surface area contributed by atoms with E-state index in [9.17, 15) is 29.1 Å². The summed E-state index contributed by atoms with van der Waals surface area (Å²) < 4.78 is 4.95. The van der Waals surface area contributed by atoms with E-state index in [2.05, 4.69) is 16.0 Å². The van der Waals surface area contributed by atoms with E-state index in [1.807, 2.05) is 44.2 Å². The van der Waals surface area contributed by atoms with Gasteiger partial charge in [-0.05, 0) is 62.3 Å². The minimum atomic E-state index is -1.09. The van der Waals surface area contributed by atoms with Gasteiger partial charge in [0.15, 0.2) is 0 Å². The fourth-order valence-electron chi connectivity index (χ4n) is 5.78. The highest BCUT2D eigenvalue weighted by Gasteiger charge is 2.38. The van der Waals surface area contributed by atoms with Crippen LogP contribution in [-0.4, -0.2) is 83.5 Å². The van der Waals surface area contributed by atoms with E-state index in [0.29, 0.717) is 12.8 Å². The Hall–Kier alpha value is -4.45. The van der Waals surface area contributed by atoms with Gasteiger partial charge >= 0.3 is 5.97 Å². The molecular weight excluding hydrogens is 602 g/mol. The number of hydrogen-bond donors (Lipinski definition) is 5. The molecule has 0 spiro atoms. The van der Waals surface area contributed by atoms with E-state index >= 15 is 0 Å². The molecule has 6 N–H and O–H groups in total. The van der Waals surface area contributed by atoms with E-state index in [-0.39, 0.29) is 49.9 Å². The van der Waals surface area contributed by atoms with Crippen molar-refractivity contribution in [1.29, 1.82) is 0 Å². The summed E-state index contributed by atoms with van der Waals surface area (Å²) >= 11 is 0. The van der Waals surface area contributed by atoms with Crippen molar-refractivity contribution in [2.24, 2.45) is 17.6 Å². The number of aromatic hydroxyl groups is 1. The summed E-state index contributed by atoms with van der Waals surface area (Å²) in [7, 11) is 1.25. The maximum atomic E-state index is 14.0. The second kappa shape index (κ2) is 16.9. The zero-order chi connectivity index (χ0) is 34.7. The molecule has 4 amide bonds. The van der Waals surface area contributed by atoms with Gasteiger partial charge in [0, 0.05) is 25.4 Å². The maximum Gasteiger partial charge on any atom is 0.328 e. The van der Waals surface area contributed by atoms with Crippen molar-refractivity contribution < 1.29 is 33.8 Å². The number of phenols is 1. The Labute approximate surface area is 276 Å². The van der Waals surface area contributed by atoms with Crippen LogP contribution in [0, 0.1) is 11.8 Å². The van der Waals surface area contributed by atoms with E-state index in [0.717, 1.165) is 11.1 Å². The summed E-state index contributed by atoms with van der Waals surface area (Å²) in [5.41, 5.74) is 7.13. The molecule has 0 aromatic heterocycles. The van der Waals surface area contributed by atoms with Crippen molar-refractivity contribution in [1.82, 2.24) is 20.9 Å². The first kappa shape index (κ1) is 37.0. The third-order valence-electron chi connectivity index (χ3n) is 8.19. The van der Waals surface area contributed by atoms with Crippen LogP contribution in [0.1, 0.15) is 58.1 Å². The number of benzene rings is 2. The van der Waals surface area contributed by atoms with Gasteiger partial charge in [-0.25, -0.2) is 4.79 Å². The molecule has 1 heterocycles. The first-order chi connectivity index (χ1) is 22.2. The average Bonchev–Trinajstić information content (AvgIpc) is 3.01. The van der Waals surface area contributed by atoms with Crippen LogP contribution in [0.4, 0.5) is 0 Å². The van der Waals surface area contributed by atoms with Crippen LogP contribution in [0.2, 0.25) is 0 Å². The van der Waals surface area contributed by atoms with E-state index in [1.165, 1.54) is 12.0 Å². The summed E-state index contributed by atoms with van der Waals surface area (Å²) in [4.78, 5) is 68.5. The number of carbonyl (C=O) groups is 5. The van der Waals surface area contributed by atoms with Gasteiger partial charge in [0.05, 0.1) is 25.1 Å². The summed E-state index contributed by atoms with van der Waals surface area (Å²) in [6, 6.07) is 13.0. The molecule has 1 fully saturated rings. The topological polar surface area (TPSA) is 180 Å². The van der Waals surface area contributed by atoms with Gasteiger partial charge in [-0.1, -0.05) is 56.3 Å². The van der Waals surface area contributed by atoms with Gasteiger partial charge in [0.25, 0.3) is 0 Å². The van der Waals surface area contributed by atoms with Crippen molar-refractivity contribution in [3.05, 3.63) is 65.7 Å². The lowest BCUT2D eigenvalue weighted by Crippen LogP contribution is -2.62. The first-order valence-corrected chi connectivity index (χ1v) is 16.0. The Morgan fingerprint density at radius 2 is 1.68 bits per heavy atom. The van der Waals surface area contributed by atoms with Crippen LogP contribution >= 0.6 is 0 Å². The number of rotatable bonds is 11. The Kier molecular flexibility index (Phi) is 13.3. The molecule has 3 rings (SSSR count). The van der Waals surface area contributed by atoms with E-state index in [4.69, 9.17) is 10.5 Å². The fraction of sp³-hybridized carbons (Fsp3) is 0.514. The van der Waals surface area contributed by atoms with Crippen molar-refractivity contribution in [3.8, 4) is 5.75 Å². The molecule has 0 saturated carbocycles. The van der Waals surface area contributed by atoms with E-state index < -0.39 is 53.3 Å². The molecule has 4 atom stereocenters. The quantitative estimate of drug-likeness (QED) is 0.228. The molecule has 12 heteroatoms. The normalized spacial score (nSPS) is 19.3. The summed E-state index contributed by atoms with van der Waals surface area (Å²) in [5.74, 6) is -3.05. The molecule has 1 aliphatic heterocycles. The number of nitrogens with two attached hydrogens (primary N) is 1. The molecular formula is C35H49N5O7. The zero-order valence-corrected chi connectivity index (χ0v) is 28.0. The third-order valence-corrected chi connectivity index (χ3v) is 8.19. The first-order valence-electron chi connectivity index (χ1n) is 16.0. The van der Waals surface area contributed by atoms with Gasteiger partial charge in [-0.2, -0.15) is 0 Å². The molecule has 2 aromatic rings. The second-order valence-electron chi connectivity index (χ2n) is 13.3. The number of carbonyl (C=O) groups excluding carboxylic acids is 5. The van der Waals surface area contributed by atoms with Gasteiger partial charge in [0.1, 0.15) is 17.8 Å². The molecule has 2 aromatic carbocycles. The van der Waals surface area contributed by atoms with Crippen molar-refractivity contribution >= 4 is 29.6 Å². The number of phenolic OH excluding ortho intramolecular Hbond substituents is 1. The molecule has 47 heavy (non-hydrogen) atoms. The van der Waals surface area contributed by atoms with Gasteiger partial charge < -0.3 is 36.4 Å². The summed E-state index contributed by atoms with van der Waals surface area (Å²) in [6.45, 7) is 6.91. The Morgan fingerprint density at radius 3 is 2.30 bits per heavy atom. The maximum absolute atomic E-state index is 14.0. The molecule has 0 unspecified atom stereocenters. The minimum absolute atomic E-state index is 0.0426. The van der Waals surface area contributed by atoms with Gasteiger partial charge in [-0.15, -0.1) is 0 Å². The lowest BCUT2D eigenvalue weighted by atomic mass is 9.88. The molecule has 1 saturated heterocycles. The van der Waals surface area contributed by atoms with Crippen LogP contribution in [0.3, 0.4) is 0 Å². The summed E-state index contributed by atoms with van der Waals surface area (Å²) in [5, 5.41) is 18.1. The Morgan fingerprint density at radius 1 is 1.04 bits per heavy atom. The van der Waals surface area contributed by atoms with Crippen LogP contribution in [-0.2, 0) is 41.6 Å². The minimum Gasteiger partial charge on any atom is -0.508 e. The lowest BCUT2D eigenvalue weighted by Gasteiger charge is -2.39. The largest absolute Gasteiger partial charge is 0.508 e. The monoisotopic (exact) mass is 651 g/mol. The average molecular weight is 652 g/mol. The molecule has 0 bridgehead atoms. The van der Waals surface area contributed by atoms with Crippen molar-refractivity contribution in [2.45, 2.75) is 83.5 Å². The van der Waals surface area contributed by atoms with Crippen LogP contribution in [0.5, 0.6) is 5.75 Å². The number of amides is 4. The standard InChI is InChI=1S/C35H49N5O7/c1-22(2)17-28(34(46)47-5)38-33(45)29(19-23-9-7-6-8-10-23)40-21-35(3,4)39-32(44)26(15-16-30(42)37-20-31(40)43)27(36)18-24-11-13-25(41)14-12-24/h6-14,22,26-29,41H,15-21,36H2,1-5H3,(H,37,42)(H,38,45)(H,39,44)/t26-,27-,28-,29-/m0/s1. The van der Waals surface area contributed by atoms with E-state index in [1.54, 1.807) is 38.1 Å². The Balaban J connectivity index is 1.95. The molecule has 256 valence electrons. The number of nitrogens with zero attached hydrogens (tertiary/aromatic N) is 1. The Bertz CT molecular complexity index is 1380. The fourth-order valence-corrected chi connectivity index (χ4v) is 5.78. The highest BCUT2D eigenvalue weighted by atomic mass is 16.5. The number of hydrogen-bond acceptors (Lipinski definition) is 8. The molecule has 1 aliphatic rings. The smallest absolute Gasteiger partial charge is 0.328 e. The lowest BCUT2D eigenvalue weighted by molar-refractivity contribution is -0.148. The highest BCUT2D eigenvalue weighted by molar-refractivity contribution is 5.93. The predicted octanol–water partition coefficient (Wildman–Crippen LogP) is 1.83. The van der Waals surface area contributed by atoms with Gasteiger partial charge in [-0.3, -0.25) is 19.2 Å². The molecule has 12 nitrogen and oxygen atoms in total. The van der Waals surface area contributed by atoms with Crippen LogP contribution in [0.15, 0.2) is 54.6 Å². The predicted molar refractivity (Wildman–Crippen MR) is 177 cm³/mol. The van der Waals surface area contributed by atoms with Crippen LogP contribution in [0.25, 0.3) is 0 Å². The molecule has 0 radical (unpaired) electrons. The number of nitrogens with one attached hydrogen (secondary N) is 3. The molecule has 0 aliphatic carbocycles. The number of esters is 1. The summed E-state index contributed by atoms with van der Waals surface area (Å²) in [6.07, 6.45) is 0.899. The van der Waals surface area contributed by atoms with Crippen molar-refractivity contribution in [2.75, 3.05) is 20.2 Å². The zero-order valence-electron chi connectivity index (χ0n) is 28.0.